The van der Waals surface area contributed by atoms with Crippen LogP contribution < -0.4 is 0 Å². The SMILES string of the molecule is Fc1ccc(F)c(C(Cl)c2cc(Cl)ccc2Br)c1. The standard InChI is InChI=1S/C13H7BrCl2F2/c14-11-3-1-7(15)5-9(11)13(16)10-6-8(17)2-4-12(10)18/h1-6,13H. The summed E-state index contributed by atoms with van der Waals surface area (Å²) in [6.45, 7) is 0. The van der Waals surface area contributed by atoms with Gasteiger partial charge in [0.15, 0.2) is 0 Å². The maximum Gasteiger partial charge on any atom is 0.128 e. The molecular weight excluding hydrogens is 345 g/mol. The van der Waals surface area contributed by atoms with E-state index in [1.54, 1.807) is 18.2 Å². The Labute approximate surface area is 122 Å². The van der Waals surface area contributed by atoms with Crippen molar-refractivity contribution in [1.29, 1.82) is 0 Å². The number of hydrogen-bond acceptors (Lipinski definition) is 0. The van der Waals surface area contributed by atoms with E-state index in [1.165, 1.54) is 0 Å². The summed E-state index contributed by atoms with van der Waals surface area (Å²) in [6, 6.07) is 8.20. The molecule has 0 radical (unpaired) electrons. The summed E-state index contributed by atoms with van der Waals surface area (Å²) in [5.41, 5.74) is 0.674. The first kappa shape index (κ1) is 13.8. The van der Waals surface area contributed by atoms with E-state index >= 15 is 0 Å². The lowest BCUT2D eigenvalue weighted by molar-refractivity contribution is 0.587. The molecule has 1 unspecified atom stereocenters. The van der Waals surface area contributed by atoms with Crippen molar-refractivity contribution in [3.8, 4) is 0 Å². The molecule has 0 amide bonds. The largest absolute Gasteiger partial charge is 0.207 e. The summed E-state index contributed by atoms with van der Waals surface area (Å²) >= 11 is 15.4. The number of alkyl halides is 1. The number of hydrogen-bond donors (Lipinski definition) is 0. The van der Waals surface area contributed by atoms with Crippen molar-refractivity contribution >= 4 is 39.1 Å². The second-order valence-electron chi connectivity index (χ2n) is 3.69. The van der Waals surface area contributed by atoms with Gasteiger partial charge in [-0.05, 0) is 42.0 Å². The summed E-state index contributed by atoms with van der Waals surface area (Å²) < 4.78 is 27.5. The zero-order valence-corrected chi connectivity index (χ0v) is 12.0. The molecule has 0 nitrogen and oxygen atoms in total. The molecule has 1 atom stereocenters. The van der Waals surface area contributed by atoms with Gasteiger partial charge in [-0.3, -0.25) is 0 Å². The molecule has 0 aliphatic carbocycles. The number of benzene rings is 2. The van der Waals surface area contributed by atoms with Gasteiger partial charge in [0.2, 0.25) is 0 Å². The summed E-state index contributed by atoms with van der Waals surface area (Å²) in [7, 11) is 0. The highest BCUT2D eigenvalue weighted by atomic mass is 79.9. The Morgan fingerprint density at radius 1 is 1.00 bits per heavy atom. The van der Waals surface area contributed by atoms with Crippen LogP contribution in [-0.4, -0.2) is 0 Å². The Balaban J connectivity index is 2.50. The van der Waals surface area contributed by atoms with Gasteiger partial charge in [-0.25, -0.2) is 8.78 Å². The lowest BCUT2D eigenvalue weighted by Gasteiger charge is -2.13. The zero-order valence-electron chi connectivity index (χ0n) is 8.93. The third-order valence-electron chi connectivity index (χ3n) is 2.46. The van der Waals surface area contributed by atoms with Crippen LogP contribution in [0.4, 0.5) is 8.78 Å². The van der Waals surface area contributed by atoms with E-state index < -0.39 is 17.0 Å². The molecule has 0 aromatic heterocycles. The third kappa shape index (κ3) is 2.85. The summed E-state index contributed by atoms with van der Waals surface area (Å²) in [6.07, 6.45) is 0. The van der Waals surface area contributed by atoms with Gasteiger partial charge >= 0.3 is 0 Å². The van der Waals surface area contributed by atoms with Crippen LogP contribution in [0.5, 0.6) is 0 Å². The highest BCUT2D eigenvalue weighted by molar-refractivity contribution is 9.10. The minimum Gasteiger partial charge on any atom is -0.207 e. The smallest absolute Gasteiger partial charge is 0.128 e. The van der Waals surface area contributed by atoms with Gasteiger partial charge in [-0.1, -0.05) is 27.5 Å². The van der Waals surface area contributed by atoms with Crippen LogP contribution in [0.25, 0.3) is 0 Å². The van der Waals surface area contributed by atoms with Crippen molar-refractivity contribution in [2.75, 3.05) is 0 Å². The van der Waals surface area contributed by atoms with Crippen LogP contribution >= 0.6 is 39.1 Å². The first-order chi connectivity index (χ1) is 8.49. The first-order valence-corrected chi connectivity index (χ1v) is 6.63. The van der Waals surface area contributed by atoms with Gasteiger partial charge in [0.1, 0.15) is 11.6 Å². The molecule has 0 saturated carbocycles. The molecule has 94 valence electrons. The second-order valence-corrected chi connectivity index (χ2v) is 5.42. The van der Waals surface area contributed by atoms with E-state index in [2.05, 4.69) is 15.9 Å². The van der Waals surface area contributed by atoms with Crippen LogP contribution in [0.1, 0.15) is 16.5 Å². The fourth-order valence-electron chi connectivity index (χ4n) is 1.59. The number of rotatable bonds is 2. The molecule has 0 heterocycles. The van der Waals surface area contributed by atoms with Crippen molar-refractivity contribution < 1.29 is 8.78 Å². The fraction of sp³-hybridized carbons (Fsp3) is 0.0769. The minimum absolute atomic E-state index is 0.0830. The van der Waals surface area contributed by atoms with Crippen molar-refractivity contribution in [2.24, 2.45) is 0 Å². The molecule has 0 spiro atoms. The predicted molar refractivity (Wildman–Crippen MR) is 73.2 cm³/mol. The van der Waals surface area contributed by atoms with E-state index in [9.17, 15) is 8.78 Å². The van der Waals surface area contributed by atoms with Crippen LogP contribution in [0.3, 0.4) is 0 Å². The van der Waals surface area contributed by atoms with E-state index in [0.29, 0.717) is 15.1 Å². The van der Waals surface area contributed by atoms with Crippen LogP contribution in [0.15, 0.2) is 40.9 Å². The molecule has 0 aliphatic rings. The van der Waals surface area contributed by atoms with Gasteiger partial charge in [-0.2, -0.15) is 0 Å². The molecule has 0 aliphatic heterocycles. The van der Waals surface area contributed by atoms with Gasteiger partial charge in [0, 0.05) is 15.1 Å². The first-order valence-electron chi connectivity index (χ1n) is 5.03. The molecule has 2 aromatic carbocycles. The number of halogens is 5. The maximum atomic E-state index is 13.6. The molecule has 2 aromatic rings. The molecule has 0 saturated heterocycles. The summed E-state index contributed by atoms with van der Waals surface area (Å²) in [5.74, 6) is -1.08. The topological polar surface area (TPSA) is 0 Å². The molecule has 5 heteroatoms. The van der Waals surface area contributed by atoms with Crippen molar-refractivity contribution in [2.45, 2.75) is 5.38 Å². The van der Waals surface area contributed by atoms with E-state index in [-0.39, 0.29) is 5.56 Å². The van der Waals surface area contributed by atoms with E-state index in [1.807, 2.05) is 0 Å². The van der Waals surface area contributed by atoms with Gasteiger partial charge in [-0.15, -0.1) is 11.6 Å². The second kappa shape index (κ2) is 5.55. The van der Waals surface area contributed by atoms with Crippen LogP contribution in [0.2, 0.25) is 5.02 Å². The van der Waals surface area contributed by atoms with Crippen LogP contribution in [-0.2, 0) is 0 Å². The average Bonchev–Trinajstić information content (AvgIpc) is 2.34. The fourth-order valence-corrected chi connectivity index (χ4v) is 2.72. The Hall–Kier alpha value is -0.640. The minimum atomic E-state index is -0.811. The Morgan fingerprint density at radius 2 is 1.72 bits per heavy atom. The average molecular weight is 352 g/mol. The van der Waals surface area contributed by atoms with E-state index in [0.717, 1.165) is 18.2 Å². The lowest BCUT2D eigenvalue weighted by atomic mass is 10.0. The monoisotopic (exact) mass is 350 g/mol. The molecule has 0 N–H and O–H groups in total. The van der Waals surface area contributed by atoms with Crippen molar-refractivity contribution in [1.82, 2.24) is 0 Å². The quantitative estimate of drug-likeness (QED) is 0.608. The van der Waals surface area contributed by atoms with Gasteiger partial charge < -0.3 is 0 Å². The van der Waals surface area contributed by atoms with Crippen molar-refractivity contribution in [3.05, 3.63) is 68.7 Å². The van der Waals surface area contributed by atoms with Gasteiger partial charge in [0.25, 0.3) is 0 Å². The van der Waals surface area contributed by atoms with E-state index in [4.69, 9.17) is 23.2 Å². The summed E-state index contributed by atoms with van der Waals surface area (Å²) in [4.78, 5) is 0. The Kier molecular flexibility index (Phi) is 4.25. The summed E-state index contributed by atoms with van der Waals surface area (Å²) in [5, 5.41) is -0.329. The normalized spacial score (nSPS) is 12.5. The Bertz CT molecular complexity index is 536. The van der Waals surface area contributed by atoms with Crippen molar-refractivity contribution in [3.63, 3.8) is 0 Å². The molecular formula is C13H7BrCl2F2. The molecule has 0 fully saturated rings. The highest BCUT2D eigenvalue weighted by Gasteiger charge is 2.18. The maximum absolute atomic E-state index is 13.6. The predicted octanol–water partition coefficient (Wildman–Crippen LogP) is 5.71. The van der Waals surface area contributed by atoms with Gasteiger partial charge in [0.05, 0.1) is 5.38 Å². The lowest BCUT2D eigenvalue weighted by Crippen LogP contribution is -1.99. The molecule has 0 bridgehead atoms. The van der Waals surface area contributed by atoms with Crippen LogP contribution in [0, 0.1) is 11.6 Å². The molecule has 18 heavy (non-hydrogen) atoms. The third-order valence-corrected chi connectivity index (χ3v) is 3.89. The zero-order chi connectivity index (χ0) is 13.3. The Morgan fingerprint density at radius 3 is 2.44 bits per heavy atom. The highest BCUT2D eigenvalue weighted by Crippen LogP contribution is 2.36. The molecule has 2 rings (SSSR count).